The van der Waals surface area contributed by atoms with Crippen molar-refractivity contribution in [2.24, 2.45) is 0 Å². The van der Waals surface area contributed by atoms with Crippen LogP contribution in [0.1, 0.15) is 0 Å². The largest absolute Gasteiger partial charge is 0.435 e. The highest BCUT2D eigenvalue weighted by Gasteiger charge is 2.22. The molecule has 0 spiro atoms. The Labute approximate surface area is 186 Å². The third-order valence-corrected chi connectivity index (χ3v) is 5.68. The predicted molar refractivity (Wildman–Crippen MR) is 112 cm³/mol. The van der Waals surface area contributed by atoms with Crippen molar-refractivity contribution in [2.75, 3.05) is 36.8 Å². The predicted octanol–water partition coefficient (Wildman–Crippen LogP) is 3.92. The fourth-order valence-corrected chi connectivity index (χ4v) is 3.91. The van der Waals surface area contributed by atoms with E-state index in [2.05, 4.69) is 19.8 Å². The van der Waals surface area contributed by atoms with Crippen LogP contribution in [0.15, 0.2) is 58.2 Å². The van der Waals surface area contributed by atoms with E-state index in [4.69, 9.17) is 4.42 Å². The van der Waals surface area contributed by atoms with Gasteiger partial charge in [0.2, 0.25) is 11.8 Å². The number of rotatable bonds is 7. The molecule has 0 N–H and O–H groups in total. The van der Waals surface area contributed by atoms with Crippen LogP contribution >= 0.6 is 11.8 Å². The second-order valence-corrected chi connectivity index (χ2v) is 7.84. The van der Waals surface area contributed by atoms with E-state index in [-0.39, 0.29) is 34.3 Å². The van der Waals surface area contributed by atoms with Gasteiger partial charge >= 0.3 is 6.61 Å². The molecule has 0 saturated carbocycles. The van der Waals surface area contributed by atoms with Gasteiger partial charge in [-0.05, 0) is 48.5 Å². The van der Waals surface area contributed by atoms with Gasteiger partial charge in [0, 0.05) is 37.4 Å². The van der Waals surface area contributed by atoms with Gasteiger partial charge < -0.3 is 19.0 Å². The molecule has 7 nitrogen and oxygen atoms in total. The number of hydrogen-bond donors (Lipinski definition) is 0. The summed E-state index contributed by atoms with van der Waals surface area (Å²) >= 11 is 1.14. The second-order valence-electron chi connectivity index (χ2n) is 6.91. The number of amides is 1. The number of ether oxygens (including phenoxy) is 1. The molecular weight excluding hydrogens is 445 g/mol. The van der Waals surface area contributed by atoms with Crippen LogP contribution in [-0.4, -0.2) is 59.5 Å². The summed E-state index contributed by atoms with van der Waals surface area (Å²) in [4.78, 5) is 16.4. The maximum absolute atomic E-state index is 13.1. The summed E-state index contributed by atoms with van der Waals surface area (Å²) in [6.07, 6.45) is 0. The molecule has 1 aromatic heterocycles. The summed E-state index contributed by atoms with van der Waals surface area (Å²) < 4.78 is 47.4. The number of thioether (sulfide) groups is 1. The lowest BCUT2D eigenvalue weighted by Crippen LogP contribution is -2.49. The molecule has 168 valence electrons. The maximum Gasteiger partial charge on any atom is 0.387 e. The van der Waals surface area contributed by atoms with Crippen LogP contribution in [0.25, 0.3) is 11.5 Å². The Balaban J connectivity index is 1.26. The molecule has 2 heterocycles. The lowest BCUT2D eigenvalue weighted by molar-refractivity contribution is -0.128. The SMILES string of the molecule is O=C(CSc1nnc(-c2ccc(OC(F)F)cc2)o1)N1CCN(c2ccc(F)cc2)CC1. The number of nitrogens with zero attached hydrogens (tertiary/aromatic N) is 4. The van der Waals surface area contributed by atoms with E-state index in [1.165, 1.54) is 36.4 Å². The average molecular weight is 464 g/mol. The van der Waals surface area contributed by atoms with Gasteiger partial charge in [-0.15, -0.1) is 10.2 Å². The fraction of sp³-hybridized carbons (Fsp3) is 0.286. The van der Waals surface area contributed by atoms with Gasteiger partial charge in [-0.25, -0.2) is 4.39 Å². The molecule has 1 amide bonds. The lowest BCUT2D eigenvalue weighted by Gasteiger charge is -2.36. The van der Waals surface area contributed by atoms with Gasteiger partial charge in [0.05, 0.1) is 5.75 Å². The van der Waals surface area contributed by atoms with Crippen LogP contribution in [-0.2, 0) is 4.79 Å². The van der Waals surface area contributed by atoms with Gasteiger partial charge in [-0.2, -0.15) is 8.78 Å². The molecule has 0 radical (unpaired) electrons. The zero-order valence-electron chi connectivity index (χ0n) is 16.8. The van der Waals surface area contributed by atoms with E-state index in [1.807, 2.05) is 0 Å². The monoisotopic (exact) mass is 464 g/mol. The van der Waals surface area contributed by atoms with Crippen molar-refractivity contribution in [3.63, 3.8) is 0 Å². The Kier molecular flexibility index (Phi) is 6.84. The number of aromatic nitrogens is 2. The Morgan fingerprint density at radius 2 is 1.72 bits per heavy atom. The van der Waals surface area contributed by atoms with E-state index in [0.29, 0.717) is 31.7 Å². The minimum Gasteiger partial charge on any atom is -0.435 e. The highest BCUT2D eigenvalue weighted by Crippen LogP contribution is 2.26. The fourth-order valence-electron chi connectivity index (χ4n) is 3.24. The highest BCUT2D eigenvalue weighted by molar-refractivity contribution is 7.99. The van der Waals surface area contributed by atoms with Crippen LogP contribution in [0.3, 0.4) is 0 Å². The van der Waals surface area contributed by atoms with Crippen LogP contribution in [0.5, 0.6) is 5.75 Å². The number of carbonyl (C=O) groups excluding carboxylic acids is 1. The summed E-state index contributed by atoms with van der Waals surface area (Å²) in [6.45, 7) is -0.427. The first-order valence-electron chi connectivity index (χ1n) is 9.78. The zero-order chi connectivity index (χ0) is 22.5. The number of halogens is 3. The van der Waals surface area contributed by atoms with Crippen molar-refractivity contribution in [2.45, 2.75) is 11.8 Å². The van der Waals surface area contributed by atoms with Crippen LogP contribution in [0.2, 0.25) is 0 Å². The van der Waals surface area contributed by atoms with Gasteiger partial charge in [-0.1, -0.05) is 11.8 Å². The zero-order valence-corrected chi connectivity index (χ0v) is 17.6. The molecule has 1 saturated heterocycles. The molecule has 1 fully saturated rings. The molecule has 1 aliphatic rings. The molecule has 32 heavy (non-hydrogen) atoms. The molecule has 2 aromatic carbocycles. The molecule has 1 aliphatic heterocycles. The summed E-state index contributed by atoms with van der Waals surface area (Å²) in [5, 5.41) is 8.10. The quantitative estimate of drug-likeness (QED) is 0.491. The lowest BCUT2D eigenvalue weighted by atomic mass is 10.2. The van der Waals surface area contributed by atoms with E-state index in [0.717, 1.165) is 17.4 Å². The van der Waals surface area contributed by atoms with E-state index in [9.17, 15) is 18.0 Å². The Hall–Kier alpha value is -3.21. The number of alkyl halides is 2. The van der Waals surface area contributed by atoms with Gasteiger partial charge in [0.15, 0.2) is 0 Å². The summed E-state index contributed by atoms with van der Waals surface area (Å²) in [5.41, 5.74) is 1.48. The third-order valence-electron chi connectivity index (χ3n) is 4.88. The summed E-state index contributed by atoms with van der Waals surface area (Å²) in [5.74, 6) is 0.0855. The molecule has 0 bridgehead atoms. The van der Waals surface area contributed by atoms with E-state index >= 15 is 0 Å². The standard InChI is InChI=1S/C21H19F3N4O3S/c22-15-3-5-16(6-4-15)27-9-11-28(12-10-27)18(29)13-32-21-26-25-19(31-21)14-1-7-17(8-2-14)30-20(23)24/h1-8,20H,9-13H2. The number of piperazine rings is 1. The maximum atomic E-state index is 13.1. The Bertz CT molecular complexity index is 1040. The Morgan fingerprint density at radius 1 is 1.03 bits per heavy atom. The summed E-state index contributed by atoms with van der Waals surface area (Å²) in [6, 6.07) is 12.1. The molecule has 4 rings (SSSR count). The first-order valence-corrected chi connectivity index (χ1v) is 10.8. The minimum absolute atomic E-state index is 0.0305. The smallest absolute Gasteiger partial charge is 0.387 e. The second kappa shape index (κ2) is 9.94. The number of benzene rings is 2. The molecular formula is C21H19F3N4O3S. The molecule has 11 heteroatoms. The van der Waals surface area contributed by atoms with Crippen molar-refractivity contribution in [3.05, 3.63) is 54.3 Å². The van der Waals surface area contributed by atoms with Crippen molar-refractivity contribution in [1.29, 1.82) is 0 Å². The topological polar surface area (TPSA) is 71.7 Å². The highest BCUT2D eigenvalue weighted by atomic mass is 32.2. The van der Waals surface area contributed by atoms with Crippen LogP contribution < -0.4 is 9.64 Å². The van der Waals surface area contributed by atoms with Crippen molar-refractivity contribution in [1.82, 2.24) is 15.1 Å². The van der Waals surface area contributed by atoms with Crippen molar-refractivity contribution >= 4 is 23.4 Å². The van der Waals surface area contributed by atoms with Gasteiger partial charge in [0.25, 0.3) is 5.22 Å². The third kappa shape index (κ3) is 5.52. The minimum atomic E-state index is -2.89. The normalized spacial score (nSPS) is 14.1. The van der Waals surface area contributed by atoms with Crippen LogP contribution in [0.4, 0.5) is 18.9 Å². The molecule has 0 aliphatic carbocycles. The molecule has 0 atom stereocenters. The van der Waals surface area contributed by atoms with Crippen LogP contribution in [0, 0.1) is 5.82 Å². The molecule has 0 unspecified atom stereocenters. The first kappa shape index (κ1) is 22.0. The number of carbonyl (C=O) groups is 1. The first-order chi connectivity index (χ1) is 15.5. The number of anilines is 1. The van der Waals surface area contributed by atoms with E-state index < -0.39 is 6.61 Å². The number of hydrogen-bond acceptors (Lipinski definition) is 7. The van der Waals surface area contributed by atoms with Crippen molar-refractivity contribution in [3.8, 4) is 17.2 Å². The average Bonchev–Trinajstić information content (AvgIpc) is 3.27. The molecule has 3 aromatic rings. The van der Waals surface area contributed by atoms with Gasteiger partial charge in [0.1, 0.15) is 11.6 Å². The summed E-state index contributed by atoms with van der Waals surface area (Å²) in [7, 11) is 0. The van der Waals surface area contributed by atoms with Gasteiger partial charge in [-0.3, -0.25) is 4.79 Å². The Morgan fingerprint density at radius 3 is 2.38 bits per heavy atom. The van der Waals surface area contributed by atoms with Crippen molar-refractivity contribution < 1.29 is 27.1 Å². The van der Waals surface area contributed by atoms with E-state index in [1.54, 1.807) is 17.0 Å².